The molecule has 2 heterocycles. The molecule has 122 valence electrons. The van der Waals surface area contributed by atoms with Gasteiger partial charge in [0, 0.05) is 17.5 Å². The molecule has 0 bridgehead atoms. The van der Waals surface area contributed by atoms with Crippen molar-refractivity contribution in [2.45, 2.75) is 32.4 Å². The van der Waals surface area contributed by atoms with Gasteiger partial charge in [0.15, 0.2) is 0 Å². The topological polar surface area (TPSA) is 32.3 Å². The van der Waals surface area contributed by atoms with Crippen molar-refractivity contribution in [2.75, 3.05) is 13.1 Å². The third kappa shape index (κ3) is 3.46. The molecule has 0 radical (unpaired) electrons. The Bertz CT molecular complexity index is 681. The van der Waals surface area contributed by atoms with Crippen LogP contribution in [0.3, 0.4) is 0 Å². The highest BCUT2D eigenvalue weighted by atomic mass is 32.1. The second-order valence-corrected chi connectivity index (χ2v) is 7.13. The Kier molecular flexibility index (Phi) is 4.78. The average Bonchev–Trinajstić information content (AvgIpc) is 3.01. The van der Waals surface area contributed by atoms with E-state index in [0.29, 0.717) is 13.1 Å². The lowest BCUT2D eigenvalue weighted by molar-refractivity contribution is -0.132. The fraction of sp³-hybridized carbons (Fsp3) is 0.389. The maximum atomic E-state index is 13.3. The molecule has 3 rings (SSSR count). The molecule has 1 aliphatic rings. The van der Waals surface area contributed by atoms with Crippen LogP contribution in [-0.4, -0.2) is 29.9 Å². The zero-order valence-corrected chi connectivity index (χ0v) is 14.2. The van der Waals surface area contributed by atoms with Crippen LogP contribution in [0.4, 0.5) is 4.39 Å². The predicted molar refractivity (Wildman–Crippen MR) is 91.1 cm³/mol. The van der Waals surface area contributed by atoms with Gasteiger partial charge in [0.25, 0.3) is 0 Å². The highest BCUT2D eigenvalue weighted by molar-refractivity contribution is 7.10. The van der Waals surface area contributed by atoms with Crippen molar-refractivity contribution in [3.8, 4) is 0 Å². The first-order chi connectivity index (χ1) is 11.1. The summed E-state index contributed by atoms with van der Waals surface area (Å²) in [6.45, 7) is 5.08. The molecule has 0 fully saturated rings. The first kappa shape index (κ1) is 16.1. The van der Waals surface area contributed by atoms with Gasteiger partial charge in [-0.1, -0.05) is 26.0 Å². The van der Waals surface area contributed by atoms with E-state index in [4.69, 9.17) is 0 Å². The van der Waals surface area contributed by atoms with Gasteiger partial charge in [0.05, 0.1) is 12.6 Å². The molecule has 1 N–H and O–H groups in total. The van der Waals surface area contributed by atoms with Gasteiger partial charge < -0.3 is 10.2 Å². The van der Waals surface area contributed by atoms with Crippen molar-refractivity contribution in [1.29, 1.82) is 0 Å². The normalized spacial score (nSPS) is 17.4. The molecule has 23 heavy (non-hydrogen) atoms. The number of nitrogens with zero attached hydrogens (tertiary/aromatic N) is 1. The largest absolute Gasteiger partial charge is 0.330 e. The molecule has 0 aliphatic carbocycles. The highest BCUT2D eigenvalue weighted by Gasteiger charge is 2.32. The van der Waals surface area contributed by atoms with Crippen LogP contribution in [0.15, 0.2) is 35.7 Å². The molecule has 3 nitrogen and oxygen atoms in total. The summed E-state index contributed by atoms with van der Waals surface area (Å²) in [5.74, 6) is -0.167. The van der Waals surface area contributed by atoms with Crippen LogP contribution >= 0.6 is 11.3 Å². The van der Waals surface area contributed by atoms with Crippen molar-refractivity contribution in [3.05, 3.63) is 57.5 Å². The Hall–Kier alpha value is -1.72. The van der Waals surface area contributed by atoms with Gasteiger partial charge in [-0.2, -0.15) is 0 Å². The van der Waals surface area contributed by atoms with Gasteiger partial charge >= 0.3 is 0 Å². The maximum absolute atomic E-state index is 13.3. The molecule has 1 aliphatic heterocycles. The maximum Gasteiger partial charge on any atom is 0.237 e. The fourth-order valence-electron chi connectivity index (χ4n) is 2.98. The number of hydrogen-bond donors (Lipinski definition) is 1. The van der Waals surface area contributed by atoms with Gasteiger partial charge in [-0.25, -0.2) is 4.39 Å². The third-order valence-electron chi connectivity index (χ3n) is 4.13. The molecule has 1 aromatic heterocycles. The van der Waals surface area contributed by atoms with E-state index in [0.717, 1.165) is 12.0 Å². The van der Waals surface area contributed by atoms with Crippen LogP contribution in [0, 0.1) is 5.82 Å². The van der Waals surface area contributed by atoms with Crippen LogP contribution in [0.1, 0.15) is 35.9 Å². The zero-order valence-electron chi connectivity index (χ0n) is 13.4. The van der Waals surface area contributed by atoms with Crippen molar-refractivity contribution < 1.29 is 9.18 Å². The summed E-state index contributed by atoms with van der Waals surface area (Å²) in [5, 5.41) is 5.26. The second kappa shape index (κ2) is 6.81. The molecule has 0 spiro atoms. The third-order valence-corrected chi connectivity index (χ3v) is 5.13. The van der Waals surface area contributed by atoms with Gasteiger partial charge in [0.1, 0.15) is 5.82 Å². The number of halogens is 1. The molecule has 0 saturated carbocycles. The van der Waals surface area contributed by atoms with Crippen molar-refractivity contribution in [2.24, 2.45) is 0 Å². The van der Waals surface area contributed by atoms with E-state index in [1.807, 2.05) is 18.7 Å². The van der Waals surface area contributed by atoms with Crippen LogP contribution in [0.2, 0.25) is 0 Å². The minimum absolute atomic E-state index is 0.0878. The van der Waals surface area contributed by atoms with Crippen LogP contribution in [0.25, 0.3) is 0 Å². The number of rotatable bonds is 4. The Morgan fingerprint density at radius 2 is 2.09 bits per heavy atom. The van der Waals surface area contributed by atoms with Crippen LogP contribution in [0.5, 0.6) is 0 Å². The average molecular weight is 332 g/mol. The van der Waals surface area contributed by atoms with Crippen LogP contribution in [-0.2, 0) is 11.2 Å². The van der Waals surface area contributed by atoms with Gasteiger partial charge in [-0.05, 0) is 41.1 Å². The monoisotopic (exact) mass is 332 g/mol. The molecule has 1 amide bonds. The van der Waals surface area contributed by atoms with Crippen LogP contribution < -0.4 is 5.32 Å². The van der Waals surface area contributed by atoms with Crippen molar-refractivity contribution in [3.63, 3.8) is 0 Å². The number of benzene rings is 1. The van der Waals surface area contributed by atoms with E-state index in [1.54, 1.807) is 23.5 Å². The Balaban J connectivity index is 1.92. The summed E-state index contributed by atoms with van der Waals surface area (Å²) in [6.07, 6.45) is 0.887. The smallest absolute Gasteiger partial charge is 0.237 e. The fourth-order valence-corrected chi connectivity index (χ4v) is 3.89. The number of fused-ring (bicyclic) bond motifs is 1. The van der Waals surface area contributed by atoms with Crippen molar-refractivity contribution in [1.82, 2.24) is 10.2 Å². The summed E-state index contributed by atoms with van der Waals surface area (Å²) in [5.41, 5.74) is 2.13. The Labute approximate surface area is 140 Å². The van der Waals surface area contributed by atoms with Gasteiger partial charge in [-0.15, -0.1) is 11.3 Å². The van der Waals surface area contributed by atoms with E-state index >= 15 is 0 Å². The van der Waals surface area contributed by atoms with E-state index in [-0.39, 0.29) is 23.8 Å². The number of carbonyl (C=O) groups excluding carboxylic acids is 1. The summed E-state index contributed by atoms with van der Waals surface area (Å²) >= 11 is 1.73. The lowest BCUT2D eigenvalue weighted by Crippen LogP contribution is -2.45. The summed E-state index contributed by atoms with van der Waals surface area (Å²) in [6, 6.07) is 8.72. The summed E-state index contributed by atoms with van der Waals surface area (Å²) < 4.78 is 13.3. The quantitative estimate of drug-likeness (QED) is 0.931. The first-order valence-electron chi connectivity index (χ1n) is 7.91. The standard InChI is InChI=1S/C18H21FN2OS/c1-12(2)20-11-17(22)21-9-7-16-15(8-10-23-16)18(21)13-3-5-14(19)6-4-13/h3-6,8,10,12,18,20H,7,9,11H2,1-2H3. The lowest BCUT2D eigenvalue weighted by atomic mass is 9.93. The molecular weight excluding hydrogens is 311 g/mol. The number of nitrogens with one attached hydrogen (secondary N) is 1. The minimum Gasteiger partial charge on any atom is -0.330 e. The van der Waals surface area contributed by atoms with E-state index in [1.165, 1.54) is 22.6 Å². The second-order valence-electron chi connectivity index (χ2n) is 6.13. The Morgan fingerprint density at radius 3 is 2.78 bits per heavy atom. The highest BCUT2D eigenvalue weighted by Crippen LogP contribution is 2.37. The first-order valence-corrected chi connectivity index (χ1v) is 8.79. The zero-order chi connectivity index (χ0) is 16.4. The molecule has 1 unspecified atom stereocenters. The minimum atomic E-state index is -0.255. The molecule has 5 heteroatoms. The number of amides is 1. The molecular formula is C18H21FN2OS. The SMILES string of the molecule is CC(C)NCC(=O)N1CCc2sccc2C1c1ccc(F)cc1. The molecule has 0 saturated heterocycles. The predicted octanol–water partition coefficient (Wildman–Crippen LogP) is 3.36. The molecule has 1 aromatic carbocycles. The summed E-state index contributed by atoms with van der Waals surface area (Å²) in [7, 11) is 0. The number of hydrogen-bond acceptors (Lipinski definition) is 3. The lowest BCUT2D eigenvalue weighted by Gasteiger charge is -2.36. The Morgan fingerprint density at radius 1 is 1.35 bits per heavy atom. The molecule has 1 atom stereocenters. The van der Waals surface area contributed by atoms with Gasteiger partial charge in [0.2, 0.25) is 5.91 Å². The summed E-state index contributed by atoms with van der Waals surface area (Å²) in [4.78, 5) is 15.9. The van der Waals surface area contributed by atoms with Gasteiger partial charge in [-0.3, -0.25) is 4.79 Å². The van der Waals surface area contributed by atoms with E-state index in [2.05, 4.69) is 16.8 Å². The van der Waals surface area contributed by atoms with E-state index in [9.17, 15) is 9.18 Å². The van der Waals surface area contributed by atoms with Crippen molar-refractivity contribution >= 4 is 17.2 Å². The number of carbonyl (C=O) groups is 1. The van der Waals surface area contributed by atoms with E-state index < -0.39 is 0 Å². The number of thiophene rings is 1. The molecule has 2 aromatic rings.